The Morgan fingerprint density at radius 3 is 2.65 bits per heavy atom. The summed E-state index contributed by atoms with van der Waals surface area (Å²) in [5.41, 5.74) is 1.71. The van der Waals surface area contributed by atoms with Gasteiger partial charge < -0.3 is 14.8 Å². The highest BCUT2D eigenvalue weighted by molar-refractivity contribution is 7.99. The molecule has 1 amide bonds. The number of rotatable bonds is 8. The fraction of sp³-hybridized carbons (Fsp3) is 0.375. The lowest BCUT2D eigenvalue weighted by atomic mass is 10.1. The van der Waals surface area contributed by atoms with Crippen molar-refractivity contribution in [2.45, 2.75) is 37.5 Å². The molecule has 2 aliphatic heterocycles. The van der Waals surface area contributed by atoms with Crippen LogP contribution >= 0.6 is 11.8 Å². The van der Waals surface area contributed by atoms with E-state index in [2.05, 4.69) is 20.4 Å². The van der Waals surface area contributed by atoms with Gasteiger partial charge in [0.05, 0.1) is 12.3 Å². The average molecular weight is 484 g/mol. The van der Waals surface area contributed by atoms with Crippen molar-refractivity contribution in [3.63, 3.8) is 0 Å². The highest BCUT2D eigenvalue weighted by Gasteiger charge is 2.20. The molecule has 178 valence electrons. The Kier molecular flexibility index (Phi) is 6.96. The summed E-state index contributed by atoms with van der Waals surface area (Å²) in [6.45, 7) is 3.33. The van der Waals surface area contributed by atoms with Gasteiger partial charge in [0, 0.05) is 12.2 Å². The van der Waals surface area contributed by atoms with Crippen molar-refractivity contribution in [3.05, 3.63) is 59.7 Å². The van der Waals surface area contributed by atoms with E-state index in [4.69, 9.17) is 9.47 Å². The topological polar surface area (TPSA) is 81.5 Å². The number of piperidine rings is 1. The maximum atomic E-state index is 13.5. The van der Waals surface area contributed by atoms with Crippen LogP contribution in [0.25, 0.3) is 5.69 Å². The first kappa shape index (κ1) is 22.7. The first-order chi connectivity index (χ1) is 16.7. The van der Waals surface area contributed by atoms with Crippen LogP contribution in [0.4, 0.5) is 4.39 Å². The van der Waals surface area contributed by atoms with Crippen molar-refractivity contribution >= 4 is 17.7 Å². The molecule has 1 fully saturated rings. The molecule has 2 aromatic carbocycles. The van der Waals surface area contributed by atoms with Gasteiger partial charge in [-0.05, 0) is 67.9 Å². The van der Waals surface area contributed by atoms with E-state index in [-0.39, 0.29) is 24.3 Å². The lowest BCUT2D eigenvalue weighted by molar-refractivity contribution is -0.118. The minimum atomic E-state index is -0.300. The lowest BCUT2D eigenvalue weighted by Gasteiger charge is -2.26. The third kappa shape index (κ3) is 5.34. The van der Waals surface area contributed by atoms with Crippen LogP contribution in [0, 0.1) is 5.82 Å². The maximum absolute atomic E-state index is 13.5. The number of halogens is 1. The van der Waals surface area contributed by atoms with Crippen molar-refractivity contribution in [2.24, 2.45) is 0 Å². The van der Waals surface area contributed by atoms with Gasteiger partial charge in [-0.1, -0.05) is 24.2 Å². The van der Waals surface area contributed by atoms with E-state index in [0.717, 1.165) is 30.2 Å². The fourth-order valence-electron chi connectivity index (χ4n) is 4.10. The van der Waals surface area contributed by atoms with Crippen LogP contribution in [0.5, 0.6) is 11.5 Å². The zero-order chi connectivity index (χ0) is 23.3. The number of nitrogens with zero attached hydrogens (tertiary/aromatic N) is 4. The number of ether oxygens (including phenoxy) is 2. The summed E-state index contributed by atoms with van der Waals surface area (Å²) >= 11 is 1.31. The molecule has 3 aromatic rings. The Balaban J connectivity index is 1.25. The fourth-order valence-corrected chi connectivity index (χ4v) is 4.90. The third-order valence-corrected chi connectivity index (χ3v) is 6.79. The number of fused-ring (bicyclic) bond motifs is 1. The molecule has 0 radical (unpaired) electrons. The van der Waals surface area contributed by atoms with Gasteiger partial charge in [-0.3, -0.25) is 14.3 Å². The highest BCUT2D eigenvalue weighted by atomic mass is 32.2. The van der Waals surface area contributed by atoms with Gasteiger partial charge in [0.15, 0.2) is 22.5 Å². The molecular weight excluding hydrogens is 457 g/mol. The molecular formula is C24H26FN5O3S. The minimum absolute atomic E-state index is 0.117. The maximum Gasteiger partial charge on any atom is 0.231 e. The first-order valence-corrected chi connectivity index (χ1v) is 12.3. The summed E-state index contributed by atoms with van der Waals surface area (Å²) in [4.78, 5) is 14.9. The van der Waals surface area contributed by atoms with Crippen molar-refractivity contribution in [3.8, 4) is 17.2 Å². The van der Waals surface area contributed by atoms with Gasteiger partial charge in [0.1, 0.15) is 5.82 Å². The van der Waals surface area contributed by atoms with Gasteiger partial charge in [-0.25, -0.2) is 4.39 Å². The molecule has 0 spiro atoms. The summed E-state index contributed by atoms with van der Waals surface area (Å²) < 4.78 is 26.2. The first-order valence-electron chi connectivity index (χ1n) is 11.4. The van der Waals surface area contributed by atoms with Crippen LogP contribution in [0.3, 0.4) is 0 Å². The third-order valence-electron chi connectivity index (χ3n) is 5.86. The van der Waals surface area contributed by atoms with Crippen LogP contribution in [-0.2, 0) is 17.9 Å². The average Bonchev–Trinajstić information content (AvgIpc) is 3.49. The molecule has 10 heteroatoms. The molecule has 1 saturated heterocycles. The second-order valence-electron chi connectivity index (χ2n) is 8.30. The second-order valence-corrected chi connectivity index (χ2v) is 9.24. The molecule has 34 heavy (non-hydrogen) atoms. The van der Waals surface area contributed by atoms with E-state index in [0.29, 0.717) is 29.7 Å². The second kappa shape index (κ2) is 10.4. The van der Waals surface area contributed by atoms with E-state index in [1.807, 2.05) is 22.8 Å². The Labute approximate surface area is 201 Å². The number of amides is 1. The smallest absolute Gasteiger partial charge is 0.231 e. The Morgan fingerprint density at radius 1 is 1.03 bits per heavy atom. The quantitative estimate of drug-likeness (QED) is 0.491. The van der Waals surface area contributed by atoms with Crippen LogP contribution in [0.1, 0.15) is 30.7 Å². The summed E-state index contributed by atoms with van der Waals surface area (Å²) in [7, 11) is 0. The molecule has 0 saturated carbocycles. The zero-order valence-corrected chi connectivity index (χ0v) is 19.5. The number of carbonyl (C=O) groups is 1. The van der Waals surface area contributed by atoms with Gasteiger partial charge in [0.25, 0.3) is 0 Å². The molecule has 0 atom stereocenters. The van der Waals surface area contributed by atoms with Crippen LogP contribution in [0.15, 0.2) is 47.6 Å². The molecule has 2 aliphatic rings. The number of hydrogen-bond acceptors (Lipinski definition) is 7. The van der Waals surface area contributed by atoms with Gasteiger partial charge in [0.2, 0.25) is 12.7 Å². The van der Waals surface area contributed by atoms with E-state index in [9.17, 15) is 9.18 Å². The number of nitrogens with one attached hydrogen (secondary N) is 1. The lowest BCUT2D eigenvalue weighted by Crippen LogP contribution is -2.30. The van der Waals surface area contributed by atoms with Crippen LogP contribution in [-0.4, -0.2) is 51.2 Å². The van der Waals surface area contributed by atoms with Crippen LogP contribution in [0.2, 0.25) is 0 Å². The normalized spacial score (nSPS) is 15.4. The van der Waals surface area contributed by atoms with E-state index in [1.165, 1.54) is 43.2 Å². The SMILES string of the molecule is O=C(CSc1nnc(CN2CCCCC2)n1-c1ccc(F)cc1)NCc1ccc2c(c1)OCO2. The predicted molar refractivity (Wildman–Crippen MR) is 126 cm³/mol. The molecule has 0 bridgehead atoms. The monoisotopic (exact) mass is 483 g/mol. The number of thioether (sulfide) groups is 1. The van der Waals surface area contributed by atoms with E-state index < -0.39 is 0 Å². The molecule has 0 unspecified atom stereocenters. The molecule has 0 aliphatic carbocycles. The van der Waals surface area contributed by atoms with Gasteiger partial charge >= 0.3 is 0 Å². The molecule has 1 N–H and O–H groups in total. The Bertz CT molecular complexity index is 1150. The summed E-state index contributed by atoms with van der Waals surface area (Å²) in [5.74, 6) is 1.96. The number of aromatic nitrogens is 3. The molecule has 5 rings (SSSR count). The standard InChI is InChI=1S/C24H26FN5O3S/c25-18-5-7-19(8-6-18)30-22(14-29-10-2-1-3-11-29)27-28-24(30)34-15-23(31)26-13-17-4-9-20-21(12-17)33-16-32-20/h4-9,12H,1-3,10-11,13-16H2,(H,26,31). The van der Waals surface area contributed by atoms with Crippen molar-refractivity contribution < 1.29 is 18.7 Å². The van der Waals surface area contributed by atoms with Crippen molar-refractivity contribution in [1.29, 1.82) is 0 Å². The van der Waals surface area contributed by atoms with Crippen molar-refractivity contribution in [1.82, 2.24) is 25.0 Å². The highest BCUT2D eigenvalue weighted by Crippen LogP contribution is 2.32. The summed E-state index contributed by atoms with van der Waals surface area (Å²) in [6.07, 6.45) is 3.61. The van der Waals surface area contributed by atoms with Gasteiger partial charge in [-0.2, -0.15) is 0 Å². The van der Waals surface area contributed by atoms with Crippen LogP contribution < -0.4 is 14.8 Å². The summed E-state index contributed by atoms with van der Waals surface area (Å²) in [5, 5.41) is 12.3. The number of carbonyl (C=O) groups excluding carboxylic acids is 1. The number of hydrogen-bond donors (Lipinski definition) is 1. The predicted octanol–water partition coefficient (Wildman–Crippen LogP) is 3.53. The number of benzene rings is 2. The van der Waals surface area contributed by atoms with Gasteiger partial charge in [-0.15, -0.1) is 10.2 Å². The zero-order valence-electron chi connectivity index (χ0n) is 18.7. The Hall–Kier alpha value is -3.11. The van der Waals surface area contributed by atoms with Crippen molar-refractivity contribution in [2.75, 3.05) is 25.6 Å². The molecule has 3 heterocycles. The summed E-state index contributed by atoms with van der Waals surface area (Å²) in [6, 6.07) is 11.9. The molecule has 8 nitrogen and oxygen atoms in total. The minimum Gasteiger partial charge on any atom is -0.454 e. The largest absolute Gasteiger partial charge is 0.454 e. The molecule has 1 aromatic heterocycles. The Morgan fingerprint density at radius 2 is 1.82 bits per heavy atom. The number of likely N-dealkylation sites (tertiary alicyclic amines) is 1. The van der Waals surface area contributed by atoms with E-state index >= 15 is 0 Å². The van der Waals surface area contributed by atoms with E-state index in [1.54, 1.807) is 12.1 Å².